The van der Waals surface area contributed by atoms with Crippen molar-refractivity contribution in [3.8, 4) is 0 Å². The van der Waals surface area contributed by atoms with E-state index in [1.54, 1.807) is 19.0 Å². The third-order valence-corrected chi connectivity index (χ3v) is 3.29. The van der Waals surface area contributed by atoms with Crippen LogP contribution in [0.1, 0.15) is 19.3 Å². The van der Waals surface area contributed by atoms with Gasteiger partial charge in [-0.1, -0.05) is 6.08 Å². The molecule has 1 rings (SSSR count). The summed E-state index contributed by atoms with van der Waals surface area (Å²) in [4.78, 5) is 15.3. The van der Waals surface area contributed by atoms with Crippen molar-refractivity contribution < 1.29 is 9.53 Å². The summed E-state index contributed by atoms with van der Waals surface area (Å²) in [6.07, 6.45) is 4.81. The van der Waals surface area contributed by atoms with Gasteiger partial charge in [-0.25, -0.2) is 4.79 Å². The number of urea groups is 1. The number of carbonyl (C=O) groups excluding carboxylic acids is 1. The van der Waals surface area contributed by atoms with Crippen molar-refractivity contribution in [1.82, 2.24) is 15.1 Å². The Morgan fingerprint density at radius 2 is 2.11 bits per heavy atom. The highest BCUT2D eigenvalue weighted by molar-refractivity contribution is 5.73. The molecule has 1 fully saturated rings. The van der Waals surface area contributed by atoms with Crippen LogP contribution in [-0.4, -0.2) is 68.8 Å². The molecule has 1 heterocycles. The van der Waals surface area contributed by atoms with Gasteiger partial charge in [0.05, 0.1) is 13.2 Å². The van der Waals surface area contributed by atoms with E-state index in [9.17, 15) is 4.79 Å². The van der Waals surface area contributed by atoms with Gasteiger partial charge in [-0.2, -0.15) is 0 Å². The lowest BCUT2D eigenvalue weighted by Crippen LogP contribution is -2.48. The lowest BCUT2D eigenvalue weighted by molar-refractivity contribution is 0.129. The maximum absolute atomic E-state index is 11.8. The first-order valence-electron chi connectivity index (χ1n) is 7.03. The Morgan fingerprint density at radius 1 is 1.42 bits per heavy atom. The third-order valence-electron chi connectivity index (χ3n) is 3.29. The maximum Gasteiger partial charge on any atom is 0.319 e. The number of hydrogen-bond acceptors (Lipinski definition) is 3. The summed E-state index contributed by atoms with van der Waals surface area (Å²) in [5.41, 5.74) is 0. The van der Waals surface area contributed by atoms with Crippen molar-refractivity contribution in [2.75, 3.05) is 46.9 Å². The number of rotatable bonds is 7. The molecule has 5 heteroatoms. The van der Waals surface area contributed by atoms with Crippen LogP contribution < -0.4 is 5.32 Å². The summed E-state index contributed by atoms with van der Waals surface area (Å²) in [6, 6.07) is 0.625. The van der Waals surface area contributed by atoms with Crippen LogP contribution >= 0.6 is 0 Å². The van der Waals surface area contributed by atoms with E-state index in [2.05, 4.69) is 11.9 Å². The Bertz CT molecular complexity index is 274. The van der Waals surface area contributed by atoms with Gasteiger partial charge in [0.15, 0.2) is 0 Å². The fraction of sp³-hybridized carbons (Fsp3) is 0.786. The monoisotopic (exact) mass is 269 g/mol. The van der Waals surface area contributed by atoms with Crippen LogP contribution in [0.5, 0.6) is 0 Å². The molecule has 1 aliphatic rings. The lowest BCUT2D eigenvalue weighted by Gasteiger charge is -2.34. The third kappa shape index (κ3) is 6.07. The fourth-order valence-electron chi connectivity index (χ4n) is 2.16. The Labute approximate surface area is 116 Å². The van der Waals surface area contributed by atoms with Crippen LogP contribution in [-0.2, 0) is 4.74 Å². The molecule has 19 heavy (non-hydrogen) atoms. The van der Waals surface area contributed by atoms with Crippen LogP contribution in [0, 0.1) is 0 Å². The molecule has 0 unspecified atom stereocenters. The minimum absolute atomic E-state index is 0.117. The van der Waals surface area contributed by atoms with Crippen LogP contribution in [0.4, 0.5) is 4.79 Å². The SMILES string of the molecule is C=CCCOCCNC1CCN(C(=O)N(C)C)CC1. The highest BCUT2D eigenvalue weighted by Gasteiger charge is 2.22. The number of ether oxygens (including phenoxy) is 1. The van der Waals surface area contributed by atoms with Gasteiger partial charge in [0.1, 0.15) is 0 Å². The van der Waals surface area contributed by atoms with E-state index in [4.69, 9.17) is 4.74 Å². The zero-order valence-electron chi connectivity index (χ0n) is 12.2. The van der Waals surface area contributed by atoms with E-state index in [0.717, 1.165) is 52.1 Å². The molecule has 1 saturated heterocycles. The first-order valence-corrected chi connectivity index (χ1v) is 7.03. The highest BCUT2D eigenvalue weighted by Crippen LogP contribution is 2.11. The molecule has 2 amide bonds. The Hall–Kier alpha value is -1.07. The van der Waals surface area contributed by atoms with Crippen LogP contribution in [0.2, 0.25) is 0 Å². The number of amides is 2. The second-order valence-corrected chi connectivity index (χ2v) is 5.08. The summed E-state index contributed by atoms with van der Waals surface area (Å²) in [7, 11) is 3.60. The average Bonchev–Trinajstić information content (AvgIpc) is 2.42. The number of nitrogens with one attached hydrogen (secondary N) is 1. The molecule has 1 N–H and O–H groups in total. The molecule has 5 nitrogen and oxygen atoms in total. The van der Waals surface area contributed by atoms with Gasteiger partial charge in [-0.05, 0) is 19.3 Å². The predicted molar refractivity (Wildman–Crippen MR) is 77.3 cm³/mol. The number of nitrogens with zero attached hydrogens (tertiary/aromatic N) is 2. The van der Waals surface area contributed by atoms with E-state index in [1.165, 1.54) is 0 Å². The molecular formula is C14H27N3O2. The van der Waals surface area contributed by atoms with Crippen LogP contribution in [0.25, 0.3) is 0 Å². The quantitative estimate of drug-likeness (QED) is 0.560. The zero-order valence-corrected chi connectivity index (χ0v) is 12.2. The van der Waals surface area contributed by atoms with Crippen molar-refractivity contribution in [1.29, 1.82) is 0 Å². The predicted octanol–water partition coefficient (Wildman–Crippen LogP) is 1.31. The number of carbonyl (C=O) groups is 1. The van der Waals surface area contributed by atoms with E-state index in [1.807, 2.05) is 11.0 Å². The smallest absolute Gasteiger partial charge is 0.319 e. The summed E-state index contributed by atoms with van der Waals surface area (Å²) in [5.74, 6) is 0. The molecule has 0 aliphatic carbocycles. The fourth-order valence-corrected chi connectivity index (χ4v) is 2.16. The van der Waals surface area contributed by atoms with Gasteiger partial charge < -0.3 is 19.9 Å². The standard InChI is InChI=1S/C14H27N3O2/c1-4-5-11-19-12-8-15-13-6-9-17(10-7-13)14(18)16(2)3/h4,13,15H,1,5-12H2,2-3H3. The molecule has 0 radical (unpaired) electrons. The van der Waals surface area contributed by atoms with Crippen molar-refractivity contribution in [3.63, 3.8) is 0 Å². The molecule has 110 valence electrons. The number of likely N-dealkylation sites (tertiary alicyclic amines) is 1. The summed E-state index contributed by atoms with van der Waals surface area (Å²) >= 11 is 0. The number of hydrogen-bond donors (Lipinski definition) is 1. The minimum Gasteiger partial charge on any atom is -0.380 e. The molecular weight excluding hydrogens is 242 g/mol. The molecule has 0 aromatic carbocycles. The topological polar surface area (TPSA) is 44.8 Å². The largest absolute Gasteiger partial charge is 0.380 e. The second-order valence-electron chi connectivity index (χ2n) is 5.08. The molecule has 0 aromatic heterocycles. The Morgan fingerprint density at radius 3 is 2.68 bits per heavy atom. The molecule has 0 spiro atoms. The van der Waals surface area contributed by atoms with E-state index >= 15 is 0 Å². The molecule has 0 saturated carbocycles. The summed E-state index contributed by atoms with van der Waals surface area (Å²) < 4.78 is 5.45. The normalized spacial score (nSPS) is 16.4. The van der Waals surface area contributed by atoms with Crippen molar-refractivity contribution in [2.24, 2.45) is 0 Å². The van der Waals surface area contributed by atoms with Crippen LogP contribution in [0.15, 0.2) is 12.7 Å². The second kappa shape index (κ2) is 8.93. The summed E-state index contributed by atoms with van der Waals surface area (Å²) in [6.45, 7) is 7.70. The number of piperidine rings is 1. The highest BCUT2D eigenvalue weighted by atomic mass is 16.5. The van der Waals surface area contributed by atoms with Gasteiger partial charge in [-0.15, -0.1) is 6.58 Å². The molecule has 0 bridgehead atoms. The minimum atomic E-state index is 0.117. The van der Waals surface area contributed by atoms with E-state index in [0.29, 0.717) is 6.04 Å². The molecule has 0 aromatic rings. The Balaban J connectivity index is 2.07. The summed E-state index contributed by atoms with van der Waals surface area (Å²) in [5, 5.41) is 3.48. The van der Waals surface area contributed by atoms with E-state index < -0.39 is 0 Å². The van der Waals surface area contributed by atoms with Crippen LogP contribution in [0.3, 0.4) is 0 Å². The maximum atomic E-state index is 11.8. The first-order chi connectivity index (χ1) is 9.15. The first kappa shape index (κ1) is 16.0. The molecule has 0 atom stereocenters. The Kier molecular flexibility index (Phi) is 7.52. The van der Waals surface area contributed by atoms with Gasteiger partial charge in [-0.3, -0.25) is 0 Å². The van der Waals surface area contributed by atoms with Crippen molar-refractivity contribution >= 4 is 6.03 Å². The van der Waals surface area contributed by atoms with Crippen molar-refractivity contribution in [3.05, 3.63) is 12.7 Å². The van der Waals surface area contributed by atoms with Gasteiger partial charge >= 0.3 is 6.03 Å². The average molecular weight is 269 g/mol. The van der Waals surface area contributed by atoms with Crippen molar-refractivity contribution in [2.45, 2.75) is 25.3 Å². The van der Waals surface area contributed by atoms with Gasteiger partial charge in [0.2, 0.25) is 0 Å². The lowest BCUT2D eigenvalue weighted by atomic mass is 10.1. The van der Waals surface area contributed by atoms with Gasteiger partial charge in [0.25, 0.3) is 0 Å². The van der Waals surface area contributed by atoms with E-state index in [-0.39, 0.29) is 6.03 Å². The molecule has 1 aliphatic heterocycles. The van der Waals surface area contributed by atoms with Gasteiger partial charge in [0, 0.05) is 39.8 Å². The zero-order chi connectivity index (χ0) is 14.1.